The van der Waals surface area contributed by atoms with Crippen LogP contribution in [0.2, 0.25) is 0 Å². The van der Waals surface area contributed by atoms with E-state index in [0.717, 1.165) is 76.5 Å². The van der Waals surface area contributed by atoms with E-state index in [1.165, 1.54) is 35.1 Å². The molecular formula is C46H32F6N2O4S2. The zero-order valence-corrected chi connectivity index (χ0v) is 33.2. The summed E-state index contributed by atoms with van der Waals surface area (Å²) < 4.78 is 84.4. The number of halogens is 6. The second-order valence-corrected chi connectivity index (χ2v) is 15.5. The number of rotatable bonds is 8. The van der Waals surface area contributed by atoms with Crippen LogP contribution in [0.25, 0.3) is 65.9 Å². The van der Waals surface area contributed by atoms with Crippen molar-refractivity contribution in [1.82, 2.24) is 9.97 Å². The Morgan fingerprint density at radius 2 is 1.00 bits per heavy atom. The monoisotopic (exact) mass is 854 g/mol. The number of fused-ring (bicyclic) bond motifs is 2. The normalized spacial score (nSPS) is 12.0. The number of thiazole rings is 2. The fraction of sp³-hybridized carbons (Fsp3) is 0.0870. The first kappa shape index (κ1) is 41.5. The summed E-state index contributed by atoms with van der Waals surface area (Å²) in [5.41, 5.74) is 8.39. The molecule has 0 aliphatic rings. The van der Waals surface area contributed by atoms with Gasteiger partial charge in [-0.3, -0.25) is 0 Å². The predicted octanol–water partition coefficient (Wildman–Crippen LogP) is 14.1. The van der Waals surface area contributed by atoms with Crippen LogP contribution in [-0.2, 0) is 0 Å². The summed E-state index contributed by atoms with van der Waals surface area (Å²) >= 11 is 3.11. The minimum absolute atomic E-state index is 0.157. The molecule has 0 aliphatic heterocycles. The lowest BCUT2D eigenvalue weighted by Crippen LogP contribution is -2.17. The van der Waals surface area contributed by atoms with Crippen LogP contribution < -0.4 is 9.47 Å². The molecule has 60 heavy (non-hydrogen) atoms. The van der Waals surface area contributed by atoms with E-state index in [-0.39, 0.29) is 22.8 Å². The molecule has 0 fully saturated rings. The highest BCUT2D eigenvalue weighted by Crippen LogP contribution is 2.34. The molecular weight excluding hydrogens is 823 g/mol. The van der Waals surface area contributed by atoms with Crippen LogP contribution in [0.4, 0.5) is 26.3 Å². The highest BCUT2D eigenvalue weighted by atomic mass is 32.1. The minimum Gasteiger partial charge on any atom is -0.508 e. The van der Waals surface area contributed by atoms with E-state index in [4.69, 9.17) is 4.98 Å². The highest BCUT2D eigenvalue weighted by molar-refractivity contribution is 7.22. The van der Waals surface area contributed by atoms with Crippen LogP contribution in [0, 0.1) is 13.8 Å². The van der Waals surface area contributed by atoms with Gasteiger partial charge in [0.25, 0.3) is 0 Å². The van der Waals surface area contributed by atoms with Crippen molar-refractivity contribution >= 4 is 67.4 Å². The Balaban J connectivity index is 0.000000181. The maximum absolute atomic E-state index is 12.4. The standard InChI is InChI=1S/C24H18F3NOS.C22H14F3NO3S/c1-15-3-12-21-22(13-15)30-23(28-21)18-8-5-17(6-9-18)7-10-19-14-20(11-4-16(19)2)29-24(25,26)27;23-22(24,25)29-17-8-10-19(28)15(11-17)6-3-13-1-4-14(5-2-13)21-26-18-9-7-16(27)12-20(18)30-21/h3-14H,1-2H3;1-12,27-28H/b10-7+;6-3+. The van der Waals surface area contributed by atoms with Gasteiger partial charge in [0.05, 0.1) is 20.4 Å². The van der Waals surface area contributed by atoms with E-state index in [1.807, 2.05) is 67.6 Å². The topological polar surface area (TPSA) is 84.7 Å². The van der Waals surface area contributed by atoms with Crippen LogP contribution >= 0.6 is 22.7 Å². The van der Waals surface area contributed by atoms with Crippen molar-refractivity contribution in [1.29, 1.82) is 0 Å². The molecule has 0 radical (unpaired) electrons. The van der Waals surface area contributed by atoms with Crippen molar-refractivity contribution in [3.05, 3.63) is 155 Å². The second-order valence-electron chi connectivity index (χ2n) is 13.4. The van der Waals surface area contributed by atoms with Gasteiger partial charge in [0, 0.05) is 16.7 Å². The number of hydrogen-bond donors (Lipinski definition) is 2. The number of alkyl halides is 6. The second kappa shape index (κ2) is 17.3. The van der Waals surface area contributed by atoms with Crippen molar-refractivity contribution < 1.29 is 46.0 Å². The first-order chi connectivity index (χ1) is 28.5. The van der Waals surface area contributed by atoms with E-state index in [0.29, 0.717) is 5.56 Å². The summed E-state index contributed by atoms with van der Waals surface area (Å²) in [5, 5.41) is 21.2. The molecule has 0 spiro atoms. The molecule has 2 heterocycles. The molecule has 8 aromatic rings. The van der Waals surface area contributed by atoms with Crippen LogP contribution in [0.3, 0.4) is 0 Å². The summed E-state index contributed by atoms with van der Waals surface area (Å²) in [6.07, 6.45) is -2.67. The van der Waals surface area contributed by atoms with E-state index in [2.05, 4.69) is 33.5 Å². The van der Waals surface area contributed by atoms with Crippen molar-refractivity contribution in [3.8, 4) is 44.1 Å². The maximum atomic E-state index is 12.4. The number of hydrogen-bond acceptors (Lipinski definition) is 8. The molecule has 0 unspecified atom stereocenters. The lowest BCUT2D eigenvalue weighted by molar-refractivity contribution is -0.275. The third-order valence-corrected chi connectivity index (χ3v) is 11.0. The number of ether oxygens (including phenoxy) is 2. The quantitative estimate of drug-likeness (QED) is 0.117. The Kier molecular flexibility index (Phi) is 12.0. The van der Waals surface area contributed by atoms with Gasteiger partial charge < -0.3 is 19.7 Å². The van der Waals surface area contributed by atoms with Crippen LogP contribution in [0.1, 0.15) is 33.4 Å². The number of aryl methyl sites for hydroxylation is 2. The molecule has 0 atom stereocenters. The molecule has 2 aromatic heterocycles. The van der Waals surface area contributed by atoms with Crippen molar-refractivity contribution in [2.45, 2.75) is 26.6 Å². The molecule has 0 aliphatic carbocycles. The SMILES string of the molecule is Cc1ccc2nc(-c3ccc(/C=C/c4cc(OC(F)(F)F)ccc4C)cc3)sc2c1.Oc1ccc2nc(-c3ccc(/C=C/c4cc(OC(F)(F)F)ccc4O)cc3)sc2c1. The highest BCUT2D eigenvalue weighted by Gasteiger charge is 2.32. The average molecular weight is 855 g/mol. The molecule has 0 amide bonds. The van der Waals surface area contributed by atoms with Crippen LogP contribution in [0.5, 0.6) is 23.0 Å². The van der Waals surface area contributed by atoms with E-state index in [1.54, 1.807) is 47.8 Å². The zero-order chi connectivity index (χ0) is 42.6. The summed E-state index contributed by atoms with van der Waals surface area (Å²) in [4.78, 5) is 9.24. The average Bonchev–Trinajstić information content (AvgIpc) is 3.82. The molecule has 304 valence electrons. The Bertz CT molecular complexity index is 2650. The van der Waals surface area contributed by atoms with E-state index >= 15 is 0 Å². The Hall–Kier alpha value is -6.64. The van der Waals surface area contributed by atoms with Gasteiger partial charge in [0.15, 0.2) is 0 Å². The van der Waals surface area contributed by atoms with Crippen molar-refractivity contribution in [2.24, 2.45) is 0 Å². The molecule has 6 nitrogen and oxygen atoms in total. The van der Waals surface area contributed by atoms with Gasteiger partial charge in [0.1, 0.15) is 33.0 Å². The minimum atomic E-state index is -4.80. The maximum Gasteiger partial charge on any atom is 0.573 e. The van der Waals surface area contributed by atoms with Gasteiger partial charge in [-0.25, -0.2) is 9.97 Å². The summed E-state index contributed by atoms with van der Waals surface area (Å²) in [6.45, 7) is 3.90. The van der Waals surface area contributed by atoms with Gasteiger partial charge in [-0.15, -0.1) is 49.0 Å². The number of phenolic OH excluding ortho intramolecular Hbond substituents is 2. The Morgan fingerprint density at radius 3 is 1.55 bits per heavy atom. The summed E-state index contributed by atoms with van der Waals surface area (Å²) in [5.74, 6) is -0.604. The third-order valence-electron chi connectivity index (χ3n) is 8.86. The fourth-order valence-electron chi connectivity index (χ4n) is 5.90. The van der Waals surface area contributed by atoms with Crippen molar-refractivity contribution in [3.63, 3.8) is 0 Å². The first-order valence-electron chi connectivity index (χ1n) is 18.0. The zero-order valence-electron chi connectivity index (χ0n) is 31.5. The van der Waals surface area contributed by atoms with Gasteiger partial charge >= 0.3 is 12.7 Å². The largest absolute Gasteiger partial charge is 0.573 e. The number of phenols is 2. The summed E-state index contributed by atoms with van der Waals surface area (Å²) in [7, 11) is 0. The first-order valence-corrected chi connectivity index (χ1v) is 19.7. The molecule has 14 heteroatoms. The van der Waals surface area contributed by atoms with Gasteiger partial charge in [0.2, 0.25) is 0 Å². The third kappa shape index (κ3) is 10.9. The molecule has 0 saturated heterocycles. The molecule has 0 saturated carbocycles. The molecule has 8 rings (SSSR count). The lowest BCUT2D eigenvalue weighted by Gasteiger charge is -2.10. The summed E-state index contributed by atoms with van der Waals surface area (Å²) in [6, 6.07) is 34.2. The number of aromatic hydroxyl groups is 2. The van der Waals surface area contributed by atoms with Gasteiger partial charge in [-0.2, -0.15) is 0 Å². The van der Waals surface area contributed by atoms with Crippen LogP contribution in [-0.4, -0.2) is 32.9 Å². The van der Waals surface area contributed by atoms with Crippen molar-refractivity contribution in [2.75, 3.05) is 0 Å². The lowest BCUT2D eigenvalue weighted by atomic mass is 10.1. The predicted molar refractivity (Wildman–Crippen MR) is 227 cm³/mol. The van der Waals surface area contributed by atoms with E-state index in [9.17, 15) is 36.6 Å². The van der Waals surface area contributed by atoms with E-state index < -0.39 is 18.5 Å². The number of benzene rings is 6. The smallest absolute Gasteiger partial charge is 0.508 e. The fourth-order valence-corrected chi connectivity index (χ4v) is 7.97. The Labute approximate surface area is 347 Å². The van der Waals surface area contributed by atoms with Crippen LogP contribution in [0.15, 0.2) is 121 Å². The number of aromatic nitrogens is 2. The molecule has 6 aromatic carbocycles. The van der Waals surface area contributed by atoms with Gasteiger partial charge in [-0.05, 0) is 102 Å². The molecule has 2 N–H and O–H groups in total. The molecule has 0 bridgehead atoms. The number of nitrogens with zero attached hydrogens (tertiary/aromatic N) is 2. The van der Waals surface area contributed by atoms with Gasteiger partial charge in [-0.1, -0.05) is 85.0 Å². The Morgan fingerprint density at radius 1 is 0.517 bits per heavy atom.